The topological polar surface area (TPSA) is 75.2 Å². The van der Waals surface area contributed by atoms with Gasteiger partial charge in [0.25, 0.3) is 0 Å². The number of hydrogen-bond acceptors (Lipinski definition) is 5. The molecule has 2 heterocycles. The molecule has 0 unspecified atom stereocenters. The van der Waals surface area contributed by atoms with Crippen molar-refractivity contribution in [2.45, 2.75) is 52.0 Å². The van der Waals surface area contributed by atoms with Gasteiger partial charge in [0.2, 0.25) is 16.9 Å². The third-order valence-electron chi connectivity index (χ3n) is 4.70. The number of nitrogens with one attached hydrogen (secondary N) is 1. The van der Waals surface area contributed by atoms with E-state index >= 15 is 0 Å². The van der Waals surface area contributed by atoms with Crippen molar-refractivity contribution in [3.63, 3.8) is 0 Å². The van der Waals surface area contributed by atoms with Crippen molar-refractivity contribution in [1.29, 1.82) is 0 Å². The zero-order valence-electron chi connectivity index (χ0n) is 16.1. The zero-order chi connectivity index (χ0) is 19.4. The number of nitrogens with zero attached hydrogens (tertiary/aromatic N) is 3. The van der Waals surface area contributed by atoms with Gasteiger partial charge in [0.1, 0.15) is 5.01 Å². The summed E-state index contributed by atoms with van der Waals surface area (Å²) in [6, 6.07) is 10.3. The fourth-order valence-corrected chi connectivity index (χ4v) is 4.02. The van der Waals surface area contributed by atoms with Crippen LogP contribution in [0, 0.1) is 5.92 Å². The summed E-state index contributed by atoms with van der Waals surface area (Å²) in [4.78, 5) is 26.4. The number of hydrogen-bond donors (Lipinski definition) is 1. The molecule has 0 spiro atoms. The molecular formula is C20H26N4O2S. The van der Waals surface area contributed by atoms with E-state index in [1.807, 2.05) is 39.0 Å². The first kappa shape index (κ1) is 19.5. The summed E-state index contributed by atoms with van der Waals surface area (Å²) in [7, 11) is 0. The Morgan fingerprint density at radius 3 is 2.63 bits per heavy atom. The number of amides is 2. The highest BCUT2D eigenvalue weighted by molar-refractivity contribution is 7.15. The summed E-state index contributed by atoms with van der Waals surface area (Å²) in [5, 5.41) is 12.5. The van der Waals surface area contributed by atoms with Gasteiger partial charge in [-0.2, -0.15) is 0 Å². The lowest BCUT2D eigenvalue weighted by Gasteiger charge is -2.31. The van der Waals surface area contributed by atoms with Crippen molar-refractivity contribution >= 4 is 28.3 Å². The number of likely N-dealkylation sites (tertiary alicyclic amines) is 1. The fraction of sp³-hybridized carbons (Fsp3) is 0.500. The molecule has 1 aromatic carbocycles. The smallest absolute Gasteiger partial charge is 0.231 e. The maximum absolute atomic E-state index is 12.5. The maximum atomic E-state index is 12.5. The summed E-state index contributed by atoms with van der Waals surface area (Å²) in [5.41, 5.74) is 1.05. The fourth-order valence-electron chi connectivity index (χ4n) is 3.23. The van der Waals surface area contributed by atoms with Crippen molar-refractivity contribution < 1.29 is 9.59 Å². The summed E-state index contributed by atoms with van der Waals surface area (Å²) < 4.78 is 0. The molecule has 1 fully saturated rings. The molecule has 7 heteroatoms. The number of rotatable bonds is 6. The SMILES string of the molecule is CC(C)(C)N1C[C@@H](C(=O)Nc2nnc(CCCc3ccccc3)s2)CC1=O. The molecule has 1 saturated heterocycles. The third-order valence-corrected chi connectivity index (χ3v) is 5.60. The highest BCUT2D eigenvalue weighted by Crippen LogP contribution is 2.27. The van der Waals surface area contributed by atoms with Crippen LogP contribution in [-0.2, 0) is 22.4 Å². The lowest BCUT2D eigenvalue weighted by molar-refractivity contribution is -0.131. The molecule has 1 aliphatic heterocycles. The molecule has 2 amide bonds. The van der Waals surface area contributed by atoms with Gasteiger partial charge in [0, 0.05) is 24.9 Å². The molecule has 0 bridgehead atoms. The van der Waals surface area contributed by atoms with Gasteiger partial charge in [-0.1, -0.05) is 41.7 Å². The minimum absolute atomic E-state index is 0.0292. The van der Waals surface area contributed by atoms with Crippen LogP contribution in [0.25, 0.3) is 0 Å². The minimum Gasteiger partial charge on any atom is -0.337 e. The Kier molecular flexibility index (Phi) is 5.89. The molecule has 0 saturated carbocycles. The van der Waals surface area contributed by atoms with Gasteiger partial charge in [-0.25, -0.2) is 0 Å². The summed E-state index contributed by atoms with van der Waals surface area (Å²) >= 11 is 1.41. The van der Waals surface area contributed by atoms with E-state index in [1.165, 1.54) is 16.9 Å². The van der Waals surface area contributed by atoms with E-state index in [-0.39, 0.29) is 29.7 Å². The molecule has 0 radical (unpaired) electrons. The second-order valence-corrected chi connectivity index (χ2v) is 8.97. The number of aryl methyl sites for hydroxylation is 2. The Hall–Kier alpha value is -2.28. The van der Waals surface area contributed by atoms with E-state index in [0.29, 0.717) is 11.7 Å². The Labute approximate surface area is 164 Å². The normalized spacial score (nSPS) is 17.4. The van der Waals surface area contributed by atoms with Crippen molar-refractivity contribution in [1.82, 2.24) is 15.1 Å². The van der Waals surface area contributed by atoms with Crippen LogP contribution in [0.2, 0.25) is 0 Å². The highest BCUT2D eigenvalue weighted by atomic mass is 32.1. The second kappa shape index (κ2) is 8.17. The molecule has 0 aliphatic carbocycles. The van der Waals surface area contributed by atoms with Crippen molar-refractivity contribution in [3.8, 4) is 0 Å². The van der Waals surface area contributed by atoms with E-state index < -0.39 is 0 Å². The Bertz CT molecular complexity index is 798. The number of carbonyl (C=O) groups excluding carboxylic acids is 2. The van der Waals surface area contributed by atoms with Gasteiger partial charge >= 0.3 is 0 Å². The Morgan fingerprint density at radius 1 is 1.22 bits per heavy atom. The summed E-state index contributed by atoms with van der Waals surface area (Å²) in [6.45, 7) is 6.41. The lowest BCUT2D eigenvalue weighted by Crippen LogP contribution is -2.42. The van der Waals surface area contributed by atoms with Crippen LogP contribution in [0.3, 0.4) is 0 Å². The largest absolute Gasteiger partial charge is 0.337 e. The van der Waals surface area contributed by atoms with Crippen molar-refractivity contribution in [2.75, 3.05) is 11.9 Å². The van der Waals surface area contributed by atoms with Gasteiger partial charge in [0.05, 0.1) is 5.92 Å². The van der Waals surface area contributed by atoms with E-state index in [4.69, 9.17) is 0 Å². The average molecular weight is 387 g/mol. The quantitative estimate of drug-likeness (QED) is 0.826. The molecule has 1 atom stereocenters. The highest BCUT2D eigenvalue weighted by Gasteiger charge is 2.39. The van der Waals surface area contributed by atoms with E-state index in [1.54, 1.807) is 4.90 Å². The zero-order valence-corrected chi connectivity index (χ0v) is 16.9. The first-order valence-corrected chi connectivity index (χ1v) is 10.1. The van der Waals surface area contributed by atoms with Gasteiger partial charge in [0.15, 0.2) is 0 Å². The first-order valence-electron chi connectivity index (χ1n) is 9.30. The van der Waals surface area contributed by atoms with Gasteiger partial charge in [-0.15, -0.1) is 10.2 Å². The Morgan fingerprint density at radius 2 is 1.96 bits per heavy atom. The monoisotopic (exact) mass is 386 g/mol. The van der Waals surface area contributed by atoms with Crippen LogP contribution in [0.15, 0.2) is 30.3 Å². The minimum atomic E-state index is -0.331. The molecule has 6 nitrogen and oxygen atoms in total. The third kappa shape index (κ3) is 5.13. The molecule has 1 aliphatic rings. The number of anilines is 1. The molecule has 1 N–H and O–H groups in total. The van der Waals surface area contributed by atoms with E-state index in [9.17, 15) is 9.59 Å². The predicted octanol–water partition coefficient (Wildman–Crippen LogP) is 3.30. The number of carbonyl (C=O) groups is 2. The van der Waals surface area contributed by atoms with Crippen LogP contribution < -0.4 is 5.32 Å². The van der Waals surface area contributed by atoms with Crippen LogP contribution in [-0.4, -0.2) is 39.0 Å². The van der Waals surface area contributed by atoms with Crippen LogP contribution >= 0.6 is 11.3 Å². The van der Waals surface area contributed by atoms with Crippen molar-refractivity contribution in [3.05, 3.63) is 40.9 Å². The summed E-state index contributed by atoms with van der Waals surface area (Å²) in [5.74, 6) is -0.453. The molecule has 3 rings (SSSR count). The molecule has 27 heavy (non-hydrogen) atoms. The van der Waals surface area contributed by atoms with E-state index in [0.717, 1.165) is 24.3 Å². The summed E-state index contributed by atoms with van der Waals surface area (Å²) in [6.07, 6.45) is 3.08. The first-order chi connectivity index (χ1) is 12.8. The maximum Gasteiger partial charge on any atom is 0.231 e. The lowest BCUT2D eigenvalue weighted by atomic mass is 10.1. The van der Waals surface area contributed by atoms with Crippen LogP contribution in [0.4, 0.5) is 5.13 Å². The second-order valence-electron chi connectivity index (χ2n) is 7.91. The predicted molar refractivity (Wildman–Crippen MR) is 107 cm³/mol. The number of aromatic nitrogens is 2. The molecular weight excluding hydrogens is 360 g/mol. The van der Waals surface area contributed by atoms with Gasteiger partial charge < -0.3 is 10.2 Å². The van der Waals surface area contributed by atoms with Gasteiger partial charge in [-0.05, 0) is 39.2 Å². The number of benzene rings is 1. The molecule has 2 aromatic rings. The van der Waals surface area contributed by atoms with Crippen LogP contribution in [0.5, 0.6) is 0 Å². The van der Waals surface area contributed by atoms with E-state index in [2.05, 4.69) is 27.6 Å². The van der Waals surface area contributed by atoms with Crippen molar-refractivity contribution in [2.24, 2.45) is 5.92 Å². The average Bonchev–Trinajstić information content (AvgIpc) is 3.22. The standard InChI is InChI=1S/C20H26N4O2S/c1-20(2,3)24-13-15(12-17(24)25)18(26)21-19-23-22-16(27-19)11-7-10-14-8-5-4-6-9-14/h4-6,8-9,15H,7,10-13H2,1-3H3,(H,21,23,26)/t15-/m0/s1. The molecule has 144 valence electrons. The van der Waals surface area contributed by atoms with Gasteiger partial charge in [-0.3, -0.25) is 9.59 Å². The van der Waals surface area contributed by atoms with Crippen LogP contribution in [0.1, 0.15) is 44.2 Å². The molecule has 1 aromatic heterocycles. The Balaban J connectivity index is 1.49.